The molecule has 0 atom stereocenters. The third-order valence-corrected chi connectivity index (χ3v) is 4.14. The molecule has 0 aromatic heterocycles. The van der Waals surface area contributed by atoms with Crippen molar-refractivity contribution in [2.75, 3.05) is 11.6 Å². The fourth-order valence-corrected chi connectivity index (χ4v) is 3.33. The second-order valence-corrected chi connectivity index (χ2v) is 5.01. The Morgan fingerprint density at radius 2 is 2.50 bits per heavy atom. The fourth-order valence-electron chi connectivity index (χ4n) is 0.667. The van der Waals surface area contributed by atoms with Crippen LogP contribution in [0.2, 0.25) is 0 Å². The van der Waals surface area contributed by atoms with Crippen molar-refractivity contribution in [3.05, 3.63) is 12.7 Å². The molecule has 7 heteroatoms. The average Bonchev–Trinajstić information content (AvgIpc) is 2.35. The summed E-state index contributed by atoms with van der Waals surface area (Å²) < 4.78 is 27.4. The van der Waals surface area contributed by atoms with Gasteiger partial charge in [-0.15, -0.1) is 6.58 Å². The molecule has 0 fully saturated rings. The molecule has 0 saturated heterocycles. The average molecular weight is 227 g/mol. The summed E-state index contributed by atoms with van der Waals surface area (Å²) in [5, 5.41) is 0.0156. The van der Waals surface area contributed by atoms with E-state index >= 15 is 0 Å². The zero-order valence-electron chi connectivity index (χ0n) is 6.10. The first-order chi connectivity index (χ1) is 5.58. The molecule has 0 unspecified atom stereocenters. The molecule has 68 valence electrons. The van der Waals surface area contributed by atoms with Crippen molar-refractivity contribution in [1.29, 1.82) is 0 Å². The van der Waals surface area contributed by atoms with E-state index in [1.54, 1.807) is 0 Å². The molecule has 0 aliphatic carbocycles. The summed E-state index contributed by atoms with van der Waals surface area (Å²) >= 11 is 6.65. The maximum absolute atomic E-state index is 11.3. The van der Waals surface area contributed by atoms with Gasteiger partial charge in [0.05, 0.1) is 5.75 Å². The molecule has 0 spiro atoms. The van der Waals surface area contributed by atoms with Crippen LogP contribution in [0.1, 0.15) is 0 Å². The van der Waals surface area contributed by atoms with E-state index in [0.29, 0.717) is 0 Å². The normalized spacial score (nSPS) is 17.8. The quantitative estimate of drug-likeness (QED) is 0.410. The molecule has 0 radical (unpaired) electrons. The van der Waals surface area contributed by atoms with E-state index in [-0.39, 0.29) is 16.9 Å². The first kappa shape index (κ1) is 9.88. The molecule has 0 aromatic carbocycles. The van der Waals surface area contributed by atoms with Gasteiger partial charge in [-0.25, -0.2) is 12.7 Å². The van der Waals surface area contributed by atoms with Crippen LogP contribution in [-0.2, 0) is 10.0 Å². The third kappa shape index (κ3) is 1.94. The zero-order chi connectivity index (χ0) is 9.19. The Labute approximate surface area is 80.5 Å². The Kier molecular flexibility index (Phi) is 3.03. The second-order valence-electron chi connectivity index (χ2n) is 2.03. The summed E-state index contributed by atoms with van der Waals surface area (Å²) in [6, 6.07) is 0. The number of hydrogen-bond donors (Lipinski definition) is 0. The highest BCUT2D eigenvalue weighted by Gasteiger charge is 2.27. The third-order valence-electron chi connectivity index (χ3n) is 1.18. The van der Waals surface area contributed by atoms with Gasteiger partial charge in [-0.2, -0.15) is 4.40 Å². The van der Waals surface area contributed by atoms with E-state index in [0.717, 1.165) is 16.3 Å². The first-order valence-corrected chi connectivity index (χ1v) is 5.97. The molecular weight excluding hydrogens is 220 g/mol. The lowest BCUT2D eigenvalue weighted by Gasteiger charge is -2.13. The minimum absolute atomic E-state index is 0.0156. The van der Waals surface area contributed by atoms with E-state index in [1.807, 2.05) is 0 Å². The molecular formula is C5H7ClN2O2S2. The van der Waals surface area contributed by atoms with Crippen LogP contribution < -0.4 is 0 Å². The van der Waals surface area contributed by atoms with E-state index in [9.17, 15) is 8.42 Å². The number of hydrogen-bond acceptors (Lipinski definition) is 4. The highest BCUT2D eigenvalue weighted by atomic mass is 35.5. The number of sulfonamides is 1. The molecule has 1 aliphatic rings. The van der Waals surface area contributed by atoms with Gasteiger partial charge in [-0.3, -0.25) is 0 Å². The molecule has 0 amide bonds. The number of halogens is 1. The van der Waals surface area contributed by atoms with Gasteiger partial charge in [0.25, 0.3) is 0 Å². The standard InChI is InChI=1S/C5H7ClN2O2S2/c1-2-3-12(9,10)8-4-11-7-5(8)6/h2H,1,3-4H2. The van der Waals surface area contributed by atoms with Crippen LogP contribution in [0.15, 0.2) is 17.1 Å². The van der Waals surface area contributed by atoms with Gasteiger partial charge in [0.2, 0.25) is 15.3 Å². The highest BCUT2D eigenvalue weighted by molar-refractivity contribution is 8.00. The lowest BCUT2D eigenvalue weighted by molar-refractivity contribution is 0.556. The summed E-state index contributed by atoms with van der Waals surface area (Å²) in [4.78, 5) is 0. The fraction of sp³-hybridized carbons (Fsp3) is 0.400. The number of nitrogens with zero attached hydrogens (tertiary/aromatic N) is 2. The molecule has 0 saturated carbocycles. The van der Waals surface area contributed by atoms with E-state index in [1.165, 1.54) is 6.08 Å². The molecule has 12 heavy (non-hydrogen) atoms. The van der Waals surface area contributed by atoms with E-state index in [2.05, 4.69) is 11.0 Å². The van der Waals surface area contributed by atoms with Crippen LogP contribution in [-0.4, -0.2) is 29.6 Å². The minimum Gasteiger partial charge on any atom is -0.231 e. The van der Waals surface area contributed by atoms with Gasteiger partial charge in [-0.05, 0) is 11.6 Å². The predicted molar refractivity (Wildman–Crippen MR) is 51.6 cm³/mol. The van der Waals surface area contributed by atoms with Gasteiger partial charge in [0.15, 0.2) is 0 Å². The SMILES string of the molecule is C=CCS(=O)(=O)N1CSN=C1Cl. The number of rotatable bonds is 3. The summed E-state index contributed by atoms with van der Waals surface area (Å²) in [7, 11) is -3.33. The van der Waals surface area contributed by atoms with Crippen molar-refractivity contribution in [2.24, 2.45) is 4.40 Å². The van der Waals surface area contributed by atoms with Gasteiger partial charge >= 0.3 is 0 Å². The van der Waals surface area contributed by atoms with Gasteiger partial charge < -0.3 is 0 Å². The zero-order valence-corrected chi connectivity index (χ0v) is 8.49. The van der Waals surface area contributed by atoms with Gasteiger partial charge in [0.1, 0.15) is 5.88 Å². The molecule has 4 nitrogen and oxygen atoms in total. The first-order valence-electron chi connectivity index (χ1n) is 3.04. The van der Waals surface area contributed by atoms with Crippen LogP contribution in [0.5, 0.6) is 0 Å². The van der Waals surface area contributed by atoms with E-state index < -0.39 is 10.0 Å². The predicted octanol–water partition coefficient (Wildman–Crippen LogP) is 1.02. The summed E-state index contributed by atoms with van der Waals surface area (Å²) in [5.74, 6) is 0.147. The maximum atomic E-state index is 11.3. The summed E-state index contributed by atoms with van der Waals surface area (Å²) in [6.07, 6.45) is 1.32. The lowest BCUT2D eigenvalue weighted by Crippen LogP contribution is -2.32. The van der Waals surface area contributed by atoms with Crippen molar-refractivity contribution < 1.29 is 8.42 Å². The maximum Gasteiger partial charge on any atom is 0.241 e. The van der Waals surface area contributed by atoms with Crippen LogP contribution in [0.3, 0.4) is 0 Å². The molecule has 0 N–H and O–H groups in total. The Hall–Kier alpha value is -0.200. The molecule has 0 bridgehead atoms. The van der Waals surface area contributed by atoms with Crippen LogP contribution >= 0.6 is 23.5 Å². The molecule has 1 heterocycles. The van der Waals surface area contributed by atoms with Gasteiger partial charge in [0, 0.05) is 11.9 Å². The summed E-state index contributed by atoms with van der Waals surface area (Å²) in [6.45, 7) is 3.35. The molecule has 0 aromatic rings. The Bertz CT molecular complexity index is 311. The van der Waals surface area contributed by atoms with Gasteiger partial charge in [-0.1, -0.05) is 6.08 Å². The smallest absolute Gasteiger partial charge is 0.231 e. The van der Waals surface area contributed by atoms with Crippen LogP contribution in [0, 0.1) is 0 Å². The van der Waals surface area contributed by atoms with Crippen molar-refractivity contribution in [2.45, 2.75) is 0 Å². The van der Waals surface area contributed by atoms with Crippen molar-refractivity contribution in [3.8, 4) is 0 Å². The molecule has 1 rings (SSSR count). The van der Waals surface area contributed by atoms with Crippen molar-refractivity contribution >= 4 is 38.9 Å². The Morgan fingerprint density at radius 1 is 1.83 bits per heavy atom. The summed E-state index contributed by atoms with van der Waals surface area (Å²) in [5.41, 5.74) is 0. The van der Waals surface area contributed by atoms with Crippen LogP contribution in [0.4, 0.5) is 0 Å². The largest absolute Gasteiger partial charge is 0.241 e. The minimum atomic E-state index is -3.33. The lowest BCUT2D eigenvalue weighted by atomic mass is 10.8. The van der Waals surface area contributed by atoms with Crippen molar-refractivity contribution in [1.82, 2.24) is 4.31 Å². The highest BCUT2D eigenvalue weighted by Crippen LogP contribution is 2.21. The monoisotopic (exact) mass is 226 g/mol. The van der Waals surface area contributed by atoms with E-state index in [4.69, 9.17) is 11.6 Å². The van der Waals surface area contributed by atoms with Crippen LogP contribution in [0.25, 0.3) is 0 Å². The Morgan fingerprint density at radius 3 is 2.92 bits per heavy atom. The topological polar surface area (TPSA) is 49.7 Å². The second kappa shape index (κ2) is 3.68. The molecule has 1 aliphatic heterocycles. The number of amidine groups is 1. The Balaban J connectivity index is 2.83. The van der Waals surface area contributed by atoms with Crippen molar-refractivity contribution in [3.63, 3.8) is 0 Å².